The molecule has 0 aliphatic rings. The number of hydrogen-bond acceptors (Lipinski definition) is 2. The van der Waals surface area contributed by atoms with E-state index >= 15 is 0 Å². The van der Waals surface area contributed by atoms with E-state index in [9.17, 15) is 0 Å². The molecule has 0 aromatic heterocycles. The summed E-state index contributed by atoms with van der Waals surface area (Å²) in [7, 11) is 5.82. The summed E-state index contributed by atoms with van der Waals surface area (Å²) >= 11 is 0. The smallest absolute Gasteiger partial charge is 0.0661 e. The normalized spacial score (nSPS) is 11.9. The molecule has 0 aromatic carbocycles. The van der Waals surface area contributed by atoms with Crippen LogP contribution in [0.15, 0.2) is 0 Å². The first-order chi connectivity index (χ1) is 6.24. The van der Waals surface area contributed by atoms with E-state index in [1.165, 1.54) is 0 Å². The lowest BCUT2D eigenvalue weighted by Crippen LogP contribution is -2.41. The second-order valence-electron chi connectivity index (χ2n) is 3.62. The molecule has 2 nitrogen and oxygen atoms in total. The van der Waals surface area contributed by atoms with Crippen molar-refractivity contribution in [1.29, 1.82) is 0 Å². The van der Waals surface area contributed by atoms with Gasteiger partial charge in [-0.05, 0) is 24.9 Å². The van der Waals surface area contributed by atoms with E-state index in [1.807, 2.05) is 0 Å². The van der Waals surface area contributed by atoms with Crippen molar-refractivity contribution in [2.75, 3.05) is 26.2 Å². The largest absolute Gasteiger partial charge is 0.316 e. The van der Waals surface area contributed by atoms with Gasteiger partial charge in [0.1, 0.15) is 0 Å². The Hall–Kier alpha value is -0.0151. The van der Waals surface area contributed by atoms with Crippen LogP contribution in [0.2, 0.25) is 6.32 Å². The van der Waals surface area contributed by atoms with Gasteiger partial charge in [0.15, 0.2) is 0 Å². The fourth-order valence-corrected chi connectivity index (χ4v) is 1.38. The Labute approximate surface area is 84.3 Å². The molecule has 0 aliphatic heterocycles. The Morgan fingerprint density at radius 2 is 1.46 bits per heavy atom. The van der Waals surface area contributed by atoms with E-state index in [-0.39, 0.29) is 5.41 Å². The van der Waals surface area contributed by atoms with Crippen molar-refractivity contribution in [1.82, 2.24) is 10.6 Å². The molecule has 76 valence electrons. The molecule has 0 rings (SSSR count). The highest BCUT2D eigenvalue weighted by Gasteiger charge is 2.24. The second-order valence-corrected chi connectivity index (χ2v) is 3.62. The number of rotatable bonds is 8. The lowest BCUT2D eigenvalue weighted by atomic mass is 9.73. The Morgan fingerprint density at radius 3 is 1.69 bits per heavy atom. The zero-order chi connectivity index (χ0) is 10.2. The SMILES string of the molecule is [B]CC(CC)(CNCC)CNCC. The first-order valence-electron chi connectivity index (χ1n) is 5.36. The Morgan fingerprint density at radius 1 is 1.00 bits per heavy atom. The highest BCUT2D eigenvalue weighted by atomic mass is 14.9. The minimum absolute atomic E-state index is 0.242. The summed E-state index contributed by atoms with van der Waals surface area (Å²) < 4.78 is 0. The lowest BCUT2D eigenvalue weighted by Gasteiger charge is -2.32. The fraction of sp³-hybridized carbons (Fsp3) is 1.00. The fourth-order valence-electron chi connectivity index (χ4n) is 1.38. The third-order valence-electron chi connectivity index (χ3n) is 2.68. The predicted octanol–water partition coefficient (Wildman–Crippen LogP) is 1.19. The van der Waals surface area contributed by atoms with Gasteiger partial charge in [-0.1, -0.05) is 27.1 Å². The first kappa shape index (κ1) is 13.0. The molecule has 0 aliphatic carbocycles. The van der Waals surface area contributed by atoms with Gasteiger partial charge < -0.3 is 10.6 Å². The summed E-state index contributed by atoms with van der Waals surface area (Å²) in [6, 6.07) is 0. The van der Waals surface area contributed by atoms with Gasteiger partial charge in [0.2, 0.25) is 0 Å². The second kappa shape index (κ2) is 7.39. The molecule has 13 heavy (non-hydrogen) atoms. The molecule has 0 saturated heterocycles. The standard InChI is InChI=1S/C10H23BN2/c1-4-10(7-11,8-12-5-2)9-13-6-3/h12-13H,4-9H2,1-3H3. The monoisotopic (exact) mass is 182 g/mol. The summed E-state index contributed by atoms with van der Waals surface area (Å²) in [4.78, 5) is 0. The molecule has 2 N–H and O–H groups in total. The van der Waals surface area contributed by atoms with E-state index in [2.05, 4.69) is 31.4 Å². The maximum Gasteiger partial charge on any atom is 0.0661 e. The minimum atomic E-state index is 0.242. The molecule has 0 saturated carbocycles. The molecule has 0 aromatic rings. The third-order valence-corrected chi connectivity index (χ3v) is 2.68. The summed E-state index contributed by atoms with van der Waals surface area (Å²) in [5.74, 6) is 0. The highest BCUT2D eigenvalue weighted by Crippen LogP contribution is 2.23. The van der Waals surface area contributed by atoms with Gasteiger partial charge in [-0.15, -0.1) is 0 Å². The molecule has 0 spiro atoms. The molecular formula is C10H23BN2. The molecule has 0 unspecified atom stereocenters. The van der Waals surface area contributed by atoms with Crippen LogP contribution in [0.1, 0.15) is 27.2 Å². The van der Waals surface area contributed by atoms with Crippen molar-refractivity contribution in [3.63, 3.8) is 0 Å². The average molecular weight is 182 g/mol. The van der Waals surface area contributed by atoms with Gasteiger partial charge in [-0.25, -0.2) is 0 Å². The maximum absolute atomic E-state index is 5.82. The van der Waals surface area contributed by atoms with Gasteiger partial charge in [0, 0.05) is 13.1 Å². The molecule has 0 heterocycles. The zero-order valence-corrected chi connectivity index (χ0v) is 9.32. The molecule has 0 atom stereocenters. The lowest BCUT2D eigenvalue weighted by molar-refractivity contribution is 0.282. The quantitative estimate of drug-likeness (QED) is 0.551. The van der Waals surface area contributed by atoms with Crippen molar-refractivity contribution in [2.45, 2.75) is 33.5 Å². The molecule has 0 amide bonds. The predicted molar refractivity (Wildman–Crippen MR) is 60.4 cm³/mol. The average Bonchev–Trinajstić information content (AvgIpc) is 2.20. The molecule has 2 radical (unpaired) electrons. The highest BCUT2D eigenvalue weighted by molar-refractivity contribution is 6.09. The van der Waals surface area contributed by atoms with Crippen LogP contribution < -0.4 is 10.6 Å². The van der Waals surface area contributed by atoms with Crippen LogP contribution in [0.4, 0.5) is 0 Å². The first-order valence-corrected chi connectivity index (χ1v) is 5.36. The van der Waals surface area contributed by atoms with E-state index in [0.717, 1.165) is 38.9 Å². The maximum atomic E-state index is 5.82. The van der Waals surface area contributed by atoms with Gasteiger partial charge in [0.25, 0.3) is 0 Å². The molecule has 3 heteroatoms. The third kappa shape index (κ3) is 4.68. The Balaban J connectivity index is 3.97. The van der Waals surface area contributed by atoms with Crippen LogP contribution in [0, 0.1) is 5.41 Å². The summed E-state index contributed by atoms with van der Waals surface area (Å²) in [5.41, 5.74) is 0.242. The van der Waals surface area contributed by atoms with E-state index in [4.69, 9.17) is 7.85 Å². The van der Waals surface area contributed by atoms with Crippen molar-refractivity contribution in [3.8, 4) is 0 Å². The van der Waals surface area contributed by atoms with Crippen molar-refractivity contribution in [2.24, 2.45) is 5.41 Å². The number of hydrogen-bond donors (Lipinski definition) is 2. The van der Waals surface area contributed by atoms with Gasteiger partial charge >= 0.3 is 0 Å². The van der Waals surface area contributed by atoms with Gasteiger partial charge in [-0.2, -0.15) is 0 Å². The summed E-state index contributed by atoms with van der Waals surface area (Å²) in [6.07, 6.45) is 1.88. The summed E-state index contributed by atoms with van der Waals surface area (Å²) in [5, 5.41) is 6.76. The van der Waals surface area contributed by atoms with Crippen LogP contribution in [-0.4, -0.2) is 34.0 Å². The van der Waals surface area contributed by atoms with Gasteiger partial charge in [-0.3, -0.25) is 0 Å². The van der Waals surface area contributed by atoms with Crippen LogP contribution >= 0.6 is 0 Å². The van der Waals surface area contributed by atoms with Crippen LogP contribution in [0.5, 0.6) is 0 Å². The van der Waals surface area contributed by atoms with E-state index in [0.29, 0.717) is 0 Å². The number of nitrogens with one attached hydrogen (secondary N) is 2. The topological polar surface area (TPSA) is 24.1 Å². The Kier molecular flexibility index (Phi) is 7.39. The van der Waals surface area contributed by atoms with E-state index < -0.39 is 0 Å². The zero-order valence-electron chi connectivity index (χ0n) is 9.32. The summed E-state index contributed by atoms with van der Waals surface area (Å²) in [6.45, 7) is 10.5. The van der Waals surface area contributed by atoms with Crippen LogP contribution in [0.25, 0.3) is 0 Å². The van der Waals surface area contributed by atoms with Crippen LogP contribution in [0.3, 0.4) is 0 Å². The van der Waals surface area contributed by atoms with E-state index in [1.54, 1.807) is 0 Å². The molecular weight excluding hydrogens is 159 g/mol. The minimum Gasteiger partial charge on any atom is -0.316 e. The van der Waals surface area contributed by atoms with Gasteiger partial charge in [0.05, 0.1) is 7.85 Å². The Bertz CT molecular complexity index is 103. The van der Waals surface area contributed by atoms with Crippen molar-refractivity contribution in [3.05, 3.63) is 0 Å². The van der Waals surface area contributed by atoms with Crippen LogP contribution in [-0.2, 0) is 0 Å². The molecule has 0 bridgehead atoms. The molecule has 0 fully saturated rings. The van der Waals surface area contributed by atoms with Crippen molar-refractivity contribution >= 4 is 7.85 Å². The van der Waals surface area contributed by atoms with Crippen molar-refractivity contribution < 1.29 is 0 Å².